The molecule has 1 saturated heterocycles. The molecular formula is C24H19Br2ClN2O2S. The third-order valence-electron chi connectivity index (χ3n) is 4.78. The number of hydrogen-bond donors (Lipinski definition) is 2. The van der Waals surface area contributed by atoms with Crippen molar-refractivity contribution in [3.8, 4) is 5.75 Å². The zero-order valence-electron chi connectivity index (χ0n) is 17.0. The smallest absolute Gasteiger partial charge is 0.260 e. The van der Waals surface area contributed by atoms with Crippen LogP contribution in [0.2, 0.25) is 5.02 Å². The third kappa shape index (κ3) is 5.90. The lowest BCUT2D eigenvalue weighted by Crippen LogP contribution is -2.31. The van der Waals surface area contributed by atoms with Crippen LogP contribution in [0.1, 0.15) is 16.7 Å². The average Bonchev–Trinajstić information content (AvgIpc) is 3.10. The lowest BCUT2D eigenvalue weighted by atomic mass is 10.2. The first-order chi connectivity index (χ1) is 15.4. The van der Waals surface area contributed by atoms with Crippen LogP contribution < -0.4 is 15.4 Å². The number of benzene rings is 3. The van der Waals surface area contributed by atoms with E-state index >= 15 is 0 Å². The predicted molar refractivity (Wildman–Crippen MR) is 140 cm³/mol. The zero-order valence-corrected chi connectivity index (χ0v) is 21.7. The molecule has 3 aromatic rings. The molecule has 0 spiro atoms. The fourth-order valence-electron chi connectivity index (χ4n) is 3.07. The van der Waals surface area contributed by atoms with Crippen LogP contribution in [0.5, 0.6) is 5.75 Å². The van der Waals surface area contributed by atoms with Crippen molar-refractivity contribution in [2.75, 3.05) is 5.32 Å². The molecule has 2 N–H and O–H groups in total. The fourth-order valence-corrected chi connectivity index (χ4v) is 5.00. The van der Waals surface area contributed by atoms with E-state index in [2.05, 4.69) is 42.5 Å². The maximum Gasteiger partial charge on any atom is 0.260 e. The van der Waals surface area contributed by atoms with E-state index in [1.807, 2.05) is 73.7 Å². The van der Waals surface area contributed by atoms with Gasteiger partial charge in [0, 0.05) is 15.2 Å². The van der Waals surface area contributed by atoms with Crippen molar-refractivity contribution >= 4 is 72.9 Å². The number of nitrogens with one attached hydrogen (secondary N) is 2. The fraction of sp³-hybridized carbons (Fsp3) is 0.125. The van der Waals surface area contributed by atoms with E-state index in [9.17, 15) is 4.79 Å². The molecule has 0 saturated carbocycles. The molecule has 1 aliphatic heterocycles. The van der Waals surface area contributed by atoms with Crippen LogP contribution in [0, 0.1) is 6.92 Å². The van der Waals surface area contributed by atoms with Gasteiger partial charge in [0.25, 0.3) is 5.91 Å². The van der Waals surface area contributed by atoms with Gasteiger partial charge >= 0.3 is 0 Å². The summed E-state index contributed by atoms with van der Waals surface area (Å²) in [6, 6.07) is 19.4. The molecule has 32 heavy (non-hydrogen) atoms. The van der Waals surface area contributed by atoms with Gasteiger partial charge in [-0.15, -0.1) is 0 Å². The number of hydrogen-bond acceptors (Lipinski definition) is 4. The Hall–Kier alpha value is -1.93. The second-order valence-electron chi connectivity index (χ2n) is 7.19. The lowest BCUT2D eigenvalue weighted by molar-refractivity contribution is -0.116. The van der Waals surface area contributed by atoms with E-state index in [4.69, 9.17) is 16.3 Å². The second-order valence-corrected chi connectivity index (χ2v) is 10.5. The Labute approximate surface area is 213 Å². The Bertz CT molecular complexity index is 1190. The van der Waals surface area contributed by atoms with Crippen LogP contribution in [-0.4, -0.2) is 11.4 Å². The molecule has 164 valence electrons. The molecule has 4 rings (SSSR count). The number of ether oxygens (including phenoxy) is 1. The minimum atomic E-state index is -0.261. The first-order valence-electron chi connectivity index (χ1n) is 9.76. The summed E-state index contributed by atoms with van der Waals surface area (Å²) in [7, 11) is 0. The molecule has 1 atom stereocenters. The molecule has 1 fully saturated rings. The van der Waals surface area contributed by atoms with Gasteiger partial charge < -0.3 is 15.4 Å². The monoisotopic (exact) mass is 592 g/mol. The summed E-state index contributed by atoms with van der Waals surface area (Å²) >= 11 is 14.5. The van der Waals surface area contributed by atoms with Gasteiger partial charge in [0.2, 0.25) is 0 Å². The van der Waals surface area contributed by atoms with Crippen LogP contribution in [0.3, 0.4) is 0 Å². The van der Waals surface area contributed by atoms with Crippen LogP contribution in [0.4, 0.5) is 5.69 Å². The molecule has 1 heterocycles. The van der Waals surface area contributed by atoms with E-state index in [-0.39, 0.29) is 11.4 Å². The van der Waals surface area contributed by atoms with Gasteiger partial charge in [0.05, 0.1) is 9.38 Å². The van der Waals surface area contributed by atoms with Gasteiger partial charge in [-0.05, 0) is 82.0 Å². The van der Waals surface area contributed by atoms with Gasteiger partial charge in [-0.1, -0.05) is 63.6 Å². The molecule has 1 unspecified atom stereocenters. The highest BCUT2D eigenvalue weighted by molar-refractivity contribution is 9.10. The SMILES string of the molecule is Cc1ccc(Cl)cc1NC1NC(=O)/C(=C/c2ccc(OCc3ccc(Br)cc3)c(Br)c2)S1. The molecule has 3 aromatic carbocycles. The summed E-state index contributed by atoms with van der Waals surface area (Å²) < 4.78 is 7.79. The van der Waals surface area contributed by atoms with E-state index in [0.717, 1.165) is 37.1 Å². The van der Waals surface area contributed by atoms with Gasteiger partial charge in [-0.3, -0.25) is 4.79 Å². The minimum Gasteiger partial charge on any atom is -0.488 e. The Balaban J connectivity index is 1.41. The summed E-state index contributed by atoms with van der Waals surface area (Å²) in [5.74, 6) is 0.633. The van der Waals surface area contributed by atoms with Crippen LogP contribution in [0.15, 0.2) is 74.5 Å². The Morgan fingerprint density at radius 2 is 1.91 bits per heavy atom. The van der Waals surface area contributed by atoms with Crippen LogP contribution in [-0.2, 0) is 11.4 Å². The van der Waals surface area contributed by atoms with Crippen molar-refractivity contribution < 1.29 is 9.53 Å². The van der Waals surface area contributed by atoms with Crippen LogP contribution in [0.25, 0.3) is 6.08 Å². The minimum absolute atomic E-state index is 0.112. The van der Waals surface area contributed by atoms with Crippen molar-refractivity contribution in [1.82, 2.24) is 5.32 Å². The topological polar surface area (TPSA) is 50.4 Å². The van der Waals surface area contributed by atoms with Crippen molar-refractivity contribution in [3.63, 3.8) is 0 Å². The molecule has 0 radical (unpaired) electrons. The molecule has 0 aromatic heterocycles. The van der Waals surface area contributed by atoms with Gasteiger partial charge in [-0.2, -0.15) is 0 Å². The van der Waals surface area contributed by atoms with Crippen molar-refractivity contribution in [2.24, 2.45) is 0 Å². The number of carbonyl (C=O) groups excluding carboxylic acids is 1. The van der Waals surface area contributed by atoms with E-state index < -0.39 is 0 Å². The van der Waals surface area contributed by atoms with Crippen LogP contribution >= 0.6 is 55.2 Å². The number of halogens is 3. The number of amides is 1. The zero-order chi connectivity index (χ0) is 22.7. The number of rotatable bonds is 6. The molecule has 8 heteroatoms. The summed E-state index contributed by atoms with van der Waals surface area (Å²) in [6.07, 6.45) is 1.87. The molecule has 1 amide bonds. The van der Waals surface area contributed by atoms with E-state index in [1.54, 1.807) is 0 Å². The molecule has 0 bridgehead atoms. The Morgan fingerprint density at radius 1 is 1.12 bits per heavy atom. The highest BCUT2D eigenvalue weighted by atomic mass is 79.9. The maximum atomic E-state index is 12.5. The van der Waals surface area contributed by atoms with Gasteiger partial charge in [0.15, 0.2) is 5.50 Å². The van der Waals surface area contributed by atoms with E-state index in [1.165, 1.54) is 11.8 Å². The summed E-state index contributed by atoms with van der Waals surface area (Å²) in [6.45, 7) is 2.47. The highest BCUT2D eigenvalue weighted by Gasteiger charge is 2.27. The summed E-state index contributed by atoms with van der Waals surface area (Å²) in [5, 5.41) is 6.92. The maximum absolute atomic E-state index is 12.5. The normalized spacial score (nSPS) is 16.8. The molecule has 4 nitrogen and oxygen atoms in total. The molecular weight excluding hydrogens is 576 g/mol. The largest absolute Gasteiger partial charge is 0.488 e. The second kappa shape index (κ2) is 10.3. The number of carbonyl (C=O) groups is 1. The molecule has 0 aliphatic carbocycles. The standard InChI is InChI=1S/C24H19Br2ClN2O2S/c1-14-2-8-18(27)12-20(14)28-24-29-23(30)22(32-24)11-16-5-9-21(19(26)10-16)31-13-15-3-6-17(25)7-4-15/h2-12,24,28H,13H2,1H3,(H,29,30)/b22-11-. The van der Waals surface area contributed by atoms with E-state index in [0.29, 0.717) is 16.5 Å². The van der Waals surface area contributed by atoms with Crippen molar-refractivity contribution in [1.29, 1.82) is 0 Å². The number of anilines is 1. The number of aryl methyl sites for hydroxylation is 1. The quantitative estimate of drug-likeness (QED) is 0.293. The Morgan fingerprint density at radius 3 is 2.66 bits per heavy atom. The predicted octanol–water partition coefficient (Wildman–Crippen LogP) is 7.35. The first kappa shape index (κ1) is 23.2. The average molecular weight is 595 g/mol. The molecule has 1 aliphatic rings. The Kier molecular flexibility index (Phi) is 7.51. The summed E-state index contributed by atoms with van der Waals surface area (Å²) in [5.41, 5.74) is 3.68. The first-order valence-corrected chi connectivity index (χ1v) is 12.6. The van der Waals surface area contributed by atoms with Gasteiger partial charge in [-0.25, -0.2) is 0 Å². The van der Waals surface area contributed by atoms with Crippen molar-refractivity contribution in [3.05, 3.63) is 96.2 Å². The third-order valence-corrected chi connectivity index (χ3v) is 7.19. The van der Waals surface area contributed by atoms with Crippen molar-refractivity contribution in [2.45, 2.75) is 19.0 Å². The lowest BCUT2D eigenvalue weighted by Gasteiger charge is -2.15. The summed E-state index contributed by atoms with van der Waals surface area (Å²) in [4.78, 5) is 13.1. The number of thioether (sulfide) groups is 1. The van der Waals surface area contributed by atoms with Gasteiger partial charge in [0.1, 0.15) is 12.4 Å². The highest BCUT2D eigenvalue weighted by Crippen LogP contribution is 2.33.